The van der Waals surface area contributed by atoms with E-state index in [0.29, 0.717) is 12.1 Å². The van der Waals surface area contributed by atoms with Gasteiger partial charge in [0.05, 0.1) is 12.3 Å². The molecule has 4 nitrogen and oxygen atoms in total. The Kier molecular flexibility index (Phi) is 3.61. The number of aromatic nitrogens is 1. The van der Waals surface area contributed by atoms with Gasteiger partial charge in [-0.2, -0.15) is 0 Å². The third kappa shape index (κ3) is 2.62. The fourth-order valence-electron chi connectivity index (χ4n) is 2.23. The van der Waals surface area contributed by atoms with E-state index in [1.807, 2.05) is 13.8 Å². The summed E-state index contributed by atoms with van der Waals surface area (Å²) in [5.74, 6) is 0.939. The van der Waals surface area contributed by atoms with E-state index >= 15 is 0 Å². The highest BCUT2D eigenvalue weighted by molar-refractivity contribution is 5.21. The monoisotopic (exact) mass is 224 g/mol. The normalized spacial score (nSPS) is 22.6. The summed E-state index contributed by atoms with van der Waals surface area (Å²) < 4.78 is 10.5. The lowest BCUT2D eigenvalue weighted by molar-refractivity contribution is 0.188. The fourth-order valence-corrected chi connectivity index (χ4v) is 2.23. The lowest BCUT2D eigenvalue weighted by atomic mass is 10.0. The SMILES string of the molecule is Cc1noc(C)c1CC(C)NC1CCOC1. The first-order valence-electron chi connectivity index (χ1n) is 5.92. The molecule has 0 aliphatic carbocycles. The molecule has 1 aromatic rings. The summed E-state index contributed by atoms with van der Waals surface area (Å²) in [6.07, 6.45) is 2.09. The second-order valence-corrected chi connectivity index (χ2v) is 4.64. The number of rotatable bonds is 4. The largest absolute Gasteiger partial charge is 0.380 e. The fraction of sp³-hybridized carbons (Fsp3) is 0.750. The van der Waals surface area contributed by atoms with Gasteiger partial charge in [-0.3, -0.25) is 0 Å². The van der Waals surface area contributed by atoms with Gasteiger partial charge in [0.25, 0.3) is 0 Å². The van der Waals surface area contributed by atoms with Crippen molar-refractivity contribution in [2.75, 3.05) is 13.2 Å². The van der Waals surface area contributed by atoms with E-state index in [4.69, 9.17) is 9.26 Å². The molecule has 1 N–H and O–H groups in total. The molecule has 1 fully saturated rings. The predicted octanol–water partition coefficient (Wildman–Crippen LogP) is 1.60. The van der Waals surface area contributed by atoms with Crippen LogP contribution in [-0.4, -0.2) is 30.5 Å². The van der Waals surface area contributed by atoms with Gasteiger partial charge >= 0.3 is 0 Å². The summed E-state index contributed by atoms with van der Waals surface area (Å²) in [4.78, 5) is 0. The Labute approximate surface area is 96.3 Å². The predicted molar refractivity (Wildman–Crippen MR) is 61.5 cm³/mol. The average Bonchev–Trinajstić information content (AvgIpc) is 2.83. The summed E-state index contributed by atoms with van der Waals surface area (Å²) in [7, 11) is 0. The molecule has 0 saturated carbocycles. The Bertz CT molecular complexity index is 323. The quantitative estimate of drug-likeness (QED) is 0.844. The molecular weight excluding hydrogens is 204 g/mol. The van der Waals surface area contributed by atoms with Gasteiger partial charge in [-0.15, -0.1) is 0 Å². The summed E-state index contributed by atoms with van der Waals surface area (Å²) in [6, 6.07) is 0.943. The van der Waals surface area contributed by atoms with Crippen molar-refractivity contribution in [3.63, 3.8) is 0 Å². The first-order chi connectivity index (χ1) is 7.66. The van der Waals surface area contributed by atoms with Gasteiger partial charge in [-0.1, -0.05) is 5.16 Å². The van der Waals surface area contributed by atoms with Gasteiger partial charge in [0.15, 0.2) is 0 Å². The van der Waals surface area contributed by atoms with E-state index in [9.17, 15) is 0 Å². The van der Waals surface area contributed by atoms with Crippen LogP contribution in [0.25, 0.3) is 0 Å². The van der Waals surface area contributed by atoms with Crippen LogP contribution in [0.15, 0.2) is 4.52 Å². The summed E-state index contributed by atoms with van der Waals surface area (Å²) in [5, 5.41) is 7.55. The number of aryl methyl sites for hydroxylation is 2. The van der Waals surface area contributed by atoms with Crippen molar-refractivity contribution < 1.29 is 9.26 Å². The third-order valence-electron chi connectivity index (χ3n) is 3.14. The number of ether oxygens (including phenoxy) is 1. The van der Waals surface area contributed by atoms with Crippen LogP contribution in [0.2, 0.25) is 0 Å². The second-order valence-electron chi connectivity index (χ2n) is 4.64. The van der Waals surface area contributed by atoms with Crippen molar-refractivity contribution >= 4 is 0 Å². The molecule has 1 aliphatic heterocycles. The van der Waals surface area contributed by atoms with Crippen LogP contribution in [0.5, 0.6) is 0 Å². The number of hydrogen-bond acceptors (Lipinski definition) is 4. The van der Waals surface area contributed by atoms with Crippen molar-refractivity contribution in [3.8, 4) is 0 Å². The number of nitrogens with zero attached hydrogens (tertiary/aromatic N) is 1. The third-order valence-corrected chi connectivity index (χ3v) is 3.14. The van der Waals surface area contributed by atoms with E-state index in [1.54, 1.807) is 0 Å². The number of nitrogens with one attached hydrogen (secondary N) is 1. The Morgan fingerprint density at radius 3 is 2.88 bits per heavy atom. The zero-order valence-corrected chi connectivity index (χ0v) is 10.2. The lowest BCUT2D eigenvalue weighted by Gasteiger charge is -2.17. The molecule has 1 aromatic heterocycles. The molecule has 2 heterocycles. The van der Waals surface area contributed by atoms with Gasteiger partial charge in [0.1, 0.15) is 5.76 Å². The van der Waals surface area contributed by atoms with Crippen LogP contribution in [0.4, 0.5) is 0 Å². The van der Waals surface area contributed by atoms with Crippen LogP contribution >= 0.6 is 0 Å². The minimum Gasteiger partial charge on any atom is -0.380 e. The Morgan fingerprint density at radius 1 is 1.50 bits per heavy atom. The molecule has 0 radical (unpaired) electrons. The van der Waals surface area contributed by atoms with Crippen molar-refractivity contribution in [2.45, 2.75) is 45.7 Å². The molecule has 1 aliphatic rings. The Morgan fingerprint density at radius 2 is 2.31 bits per heavy atom. The second kappa shape index (κ2) is 4.97. The standard InChI is InChI=1S/C12H20N2O2/c1-8(13-11-4-5-15-7-11)6-12-9(2)14-16-10(12)3/h8,11,13H,4-7H2,1-3H3. The van der Waals surface area contributed by atoms with Crippen LogP contribution < -0.4 is 5.32 Å². The molecule has 0 amide bonds. The minimum atomic E-state index is 0.434. The first-order valence-corrected chi connectivity index (χ1v) is 5.92. The Balaban J connectivity index is 1.88. The van der Waals surface area contributed by atoms with Crippen LogP contribution in [0.3, 0.4) is 0 Å². The molecule has 0 bridgehead atoms. The van der Waals surface area contributed by atoms with E-state index in [0.717, 1.165) is 37.5 Å². The maximum Gasteiger partial charge on any atom is 0.137 e. The van der Waals surface area contributed by atoms with E-state index in [2.05, 4.69) is 17.4 Å². The highest BCUT2D eigenvalue weighted by Gasteiger charge is 2.19. The van der Waals surface area contributed by atoms with Crippen molar-refractivity contribution in [3.05, 3.63) is 17.0 Å². The molecule has 4 heteroatoms. The molecule has 0 aromatic carbocycles. The van der Waals surface area contributed by atoms with Crippen LogP contribution in [0, 0.1) is 13.8 Å². The highest BCUT2D eigenvalue weighted by atomic mass is 16.5. The highest BCUT2D eigenvalue weighted by Crippen LogP contribution is 2.15. The zero-order chi connectivity index (χ0) is 11.5. The summed E-state index contributed by atoms with van der Waals surface area (Å²) in [5.41, 5.74) is 2.24. The van der Waals surface area contributed by atoms with Crippen molar-refractivity contribution in [2.24, 2.45) is 0 Å². The van der Waals surface area contributed by atoms with Crippen LogP contribution in [0.1, 0.15) is 30.4 Å². The molecule has 1 saturated heterocycles. The molecule has 2 atom stereocenters. The van der Waals surface area contributed by atoms with Gasteiger partial charge in [-0.25, -0.2) is 0 Å². The topological polar surface area (TPSA) is 47.3 Å². The first kappa shape index (κ1) is 11.6. The van der Waals surface area contributed by atoms with Crippen LogP contribution in [-0.2, 0) is 11.2 Å². The molecule has 16 heavy (non-hydrogen) atoms. The maximum absolute atomic E-state index is 5.35. The zero-order valence-electron chi connectivity index (χ0n) is 10.2. The van der Waals surface area contributed by atoms with E-state index in [1.165, 1.54) is 5.56 Å². The van der Waals surface area contributed by atoms with Crippen molar-refractivity contribution in [1.29, 1.82) is 0 Å². The molecule has 90 valence electrons. The molecular formula is C12H20N2O2. The summed E-state index contributed by atoms with van der Waals surface area (Å²) >= 11 is 0. The average molecular weight is 224 g/mol. The summed E-state index contributed by atoms with van der Waals surface area (Å²) in [6.45, 7) is 7.89. The van der Waals surface area contributed by atoms with Crippen molar-refractivity contribution in [1.82, 2.24) is 10.5 Å². The Hall–Kier alpha value is -0.870. The molecule has 0 spiro atoms. The van der Waals surface area contributed by atoms with Gasteiger partial charge in [-0.05, 0) is 33.6 Å². The molecule has 2 rings (SSSR count). The number of hydrogen-bond donors (Lipinski definition) is 1. The van der Waals surface area contributed by atoms with E-state index in [-0.39, 0.29) is 0 Å². The smallest absolute Gasteiger partial charge is 0.137 e. The lowest BCUT2D eigenvalue weighted by Crippen LogP contribution is -2.38. The minimum absolute atomic E-state index is 0.434. The van der Waals surface area contributed by atoms with Gasteiger partial charge in [0, 0.05) is 24.3 Å². The molecule has 2 unspecified atom stereocenters. The maximum atomic E-state index is 5.35. The van der Waals surface area contributed by atoms with E-state index < -0.39 is 0 Å². The van der Waals surface area contributed by atoms with Gasteiger partial charge in [0.2, 0.25) is 0 Å². The van der Waals surface area contributed by atoms with Gasteiger partial charge < -0.3 is 14.6 Å².